The minimum atomic E-state index is 0.529. The lowest BCUT2D eigenvalue weighted by Gasteiger charge is -1.99. The molecule has 0 aliphatic rings. The van der Waals surface area contributed by atoms with E-state index in [2.05, 4.69) is 15.3 Å². The summed E-state index contributed by atoms with van der Waals surface area (Å²) >= 11 is 5.50. The van der Waals surface area contributed by atoms with Crippen molar-refractivity contribution in [1.29, 1.82) is 0 Å². The summed E-state index contributed by atoms with van der Waals surface area (Å²) in [5.41, 5.74) is 1.79. The van der Waals surface area contributed by atoms with Gasteiger partial charge in [-0.25, -0.2) is 9.97 Å². The molecule has 6 heteroatoms. The van der Waals surface area contributed by atoms with E-state index in [9.17, 15) is 4.79 Å². The molecule has 0 saturated heterocycles. The van der Waals surface area contributed by atoms with Crippen LogP contribution in [-0.2, 0) is 4.79 Å². The third-order valence-corrected chi connectivity index (χ3v) is 2.27. The van der Waals surface area contributed by atoms with Crippen LogP contribution in [0.2, 0.25) is 5.15 Å². The molecular formula is C13H14ClN3O2. The van der Waals surface area contributed by atoms with Gasteiger partial charge in [-0.2, -0.15) is 0 Å². The second-order valence-corrected chi connectivity index (χ2v) is 3.90. The monoisotopic (exact) mass is 279 g/mol. The summed E-state index contributed by atoms with van der Waals surface area (Å²) in [4.78, 5) is 17.7. The van der Waals surface area contributed by atoms with Crippen molar-refractivity contribution in [2.45, 2.75) is 6.92 Å². The van der Waals surface area contributed by atoms with Gasteiger partial charge in [0, 0.05) is 12.3 Å². The molecule has 0 aliphatic heterocycles. The minimum absolute atomic E-state index is 0.529. The third kappa shape index (κ3) is 5.83. The Kier molecular flexibility index (Phi) is 6.32. The van der Waals surface area contributed by atoms with Crippen LogP contribution >= 0.6 is 11.6 Å². The highest BCUT2D eigenvalue weighted by Crippen LogP contribution is 2.09. The Balaban J connectivity index is 0.000000200. The highest BCUT2D eigenvalue weighted by atomic mass is 35.5. The Morgan fingerprint density at radius 3 is 2.42 bits per heavy atom. The first-order valence-electron chi connectivity index (χ1n) is 5.44. The zero-order valence-corrected chi connectivity index (χ0v) is 11.4. The fourth-order valence-corrected chi connectivity index (χ4v) is 1.22. The summed E-state index contributed by atoms with van der Waals surface area (Å²) in [6.45, 7) is 1.98. The predicted molar refractivity (Wildman–Crippen MR) is 74.5 cm³/mol. The number of ether oxygens (including phenoxy) is 1. The molecule has 100 valence electrons. The first-order chi connectivity index (χ1) is 9.15. The number of pyridine rings is 2. The number of nitrogens with zero attached hydrogens (tertiary/aromatic N) is 2. The average Bonchev–Trinajstić information content (AvgIpc) is 2.44. The van der Waals surface area contributed by atoms with E-state index in [1.54, 1.807) is 24.4 Å². The van der Waals surface area contributed by atoms with Crippen LogP contribution < -0.4 is 10.1 Å². The van der Waals surface area contributed by atoms with Gasteiger partial charge in [-0.15, -0.1) is 0 Å². The van der Waals surface area contributed by atoms with Crippen LogP contribution in [0.25, 0.3) is 0 Å². The molecule has 2 rings (SSSR count). The molecule has 0 spiro atoms. The van der Waals surface area contributed by atoms with E-state index >= 15 is 0 Å². The topological polar surface area (TPSA) is 64.1 Å². The molecule has 1 amide bonds. The predicted octanol–water partition coefficient (Wildman–Crippen LogP) is 2.70. The van der Waals surface area contributed by atoms with Gasteiger partial charge in [0.05, 0.1) is 19.0 Å². The molecule has 1 N–H and O–H groups in total. The number of carbonyl (C=O) groups is 1. The summed E-state index contributed by atoms with van der Waals surface area (Å²) in [7, 11) is 1.54. The number of carbonyl (C=O) groups excluding carboxylic acids is 1. The smallest absolute Gasteiger partial charge is 0.213 e. The lowest BCUT2D eigenvalue weighted by atomic mass is 10.3. The van der Waals surface area contributed by atoms with Crippen LogP contribution in [0, 0.1) is 6.92 Å². The van der Waals surface area contributed by atoms with Crippen molar-refractivity contribution in [3.05, 3.63) is 47.4 Å². The molecule has 0 atom stereocenters. The maximum absolute atomic E-state index is 9.96. The highest BCUT2D eigenvalue weighted by Gasteiger charge is 1.91. The fraction of sp³-hybridized carbons (Fsp3) is 0.154. The van der Waals surface area contributed by atoms with Crippen LogP contribution in [0.5, 0.6) is 5.88 Å². The largest absolute Gasteiger partial charge is 0.481 e. The molecule has 0 fully saturated rings. The second kappa shape index (κ2) is 8.05. The SMILES string of the molecule is COc1ccc(NC=O)cn1.Cc1ccc(Cl)nc1. The van der Waals surface area contributed by atoms with Gasteiger partial charge in [0.2, 0.25) is 12.3 Å². The number of hydrogen-bond acceptors (Lipinski definition) is 4. The summed E-state index contributed by atoms with van der Waals surface area (Å²) in [6, 6.07) is 7.08. The zero-order valence-electron chi connectivity index (χ0n) is 10.6. The normalized spacial score (nSPS) is 9.00. The summed E-state index contributed by atoms with van der Waals surface area (Å²) in [5, 5.41) is 3.01. The Labute approximate surface area is 116 Å². The van der Waals surface area contributed by atoms with Crippen molar-refractivity contribution < 1.29 is 9.53 Å². The van der Waals surface area contributed by atoms with E-state index in [0.29, 0.717) is 23.1 Å². The number of nitrogens with one attached hydrogen (secondary N) is 1. The number of aromatic nitrogens is 2. The molecule has 0 aliphatic carbocycles. The maximum Gasteiger partial charge on any atom is 0.213 e. The number of halogens is 1. The van der Waals surface area contributed by atoms with Crippen LogP contribution in [-0.4, -0.2) is 23.5 Å². The van der Waals surface area contributed by atoms with E-state index in [4.69, 9.17) is 16.3 Å². The first kappa shape index (κ1) is 14.9. The summed E-state index contributed by atoms with van der Waals surface area (Å²) in [5.74, 6) is 0.529. The molecule has 2 heterocycles. The van der Waals surface area contributed by atoms with Gasteiger partial charge in [-0.05, 0) is 24.6 Å². The van der Waals surface area contributed by atoms with E-state index in [-0.39, 0.29) is 0 Å². The summed E-state index contributed by atoms with van der Waals surface area (Å²) in [6.07, 6.45) is 3.86. The molecule has 0 unspecified atom stereocenters. The molecular weight excluding hydrogens is 266 g/mol. The number of anilines is 1. The molecule has 19 heavy (non-hydrogen) atoms. The number of aryl methyl sites for hydroxylation is 1. The first-order valence-corrected chi connectivity index (χ1v) is 5.82. The van der Waals surface area contributed by atoms with E-state index < -0.39 is 0 Å². The van der Waals surface area contributed by atoms with E-state index in [0.717, 1.165) is 5.56 Å². The van der Waals surface area contributed by atoms with Crippen molar-refractivity contribution in [3.8, 4) is 5.88 Å². The highest BCUT2D eigenvalue weighted by molar-refractivity contribution is 6.29. The Morgan fingerprint density at radius 2 is 2.00 bits per heavy atom. The number of amides is 1. The van der Waals surface area contributed by atoms with Crippen LogP contribution in [0.15, 0.2) is 36.7 Å². The van der Waals surface area contributed by atoms with Gasteiger partial charge in [0.15, 0.2) is 0 Å². The Bertz CT molecular complexity index is 479. The van der Waals surface area contributed by atoms with Crippen LogP contribution in [0.4, 0.5) is 5.69 Å². The van der Waals surface area contributed by atoms with Crippen molar-refractivity contribution in [1.82, 2.24) is 9.97 Å². The van der Waals surface area contributed by atoms with Crippen LogP contribution in [0.1, 0.15) is 5.56 Å². The zero-order chi connectivity index (χ0) is 14.1. The van der Waals surface area contributed by atoms with Crippen molar-refractivity contribution in [2.24, 2.45) is 0 Å². The van der Waals surface area contributed by atoms with Gasteiger partial charge >= 0.3 is 0 Å². The van der Waals surface area contributed by atoms with E-state index in [1.807, 2.05) is 13.0 Å². The lowest BCUT2D eigenvalue weighted by Crippen LogP contribution is -1.94. The van der Waals surface area contributed by atoms with Gasteiger partial charge in [-0.3, -0.25) is 4.79 Å². The van der Waals surface area contributed by atoms with Gasteiger partial charge in [0.1, 0.15) is 5.15 Å². The summed E-state index contributed by atoms with van der Waals surface area (Å²) < 4.78 is 4.82. The number of rotatable bonds is 3. The Hall–Kier alpha value is -2.14. The maximum atomic E-state index is 9.96. The fourth-order valence-electron chi connectivity index (χ4n) is 1.10. The molecule has 0 bridgehead atoms. The second-order valence-electron chi connectivity index (χ2n) is 3.51. The van der Waals surface area contributed by atoms with Crippen molar-refractivity contribution >= 4 is 23.7 Å². The molecule has 2 aromatic rings. The molecule has 0 aromatic carbocycles. The molecule has 2 aromatic heterocycles. The van der Waals surface area contributed by atoms with Gasteiger partial charge in [0.25, 0.3) is 0 Å². The van der Waals surface area contributed by atoms with E-state index in [1.165, 1.54) is 13.3 Å². The molecule has 5 nitrogen and oxygen atoms in total. The Morgan fingerprint density at radius 1 is 1.21 bits per heavy atom. The number of methoxy groups -OCH3 is 1. The quantitative estimate of drug-likeness (QED) is 0.693. The molecule has 0 saturated carbocycles. The third-order valence-electron chi connectivity index (χ3n) is 2.05. The number of hydrogen-bond donors (Lipinski definition) is 1. The minimum Gasteiger partial charge on any atom is -0.481 e. The van der Waals surface area contributed by atoms with Crippen LogP contribution in [0.3, 0.4) is 0 Å². The molecule has 0 radical (unpaired) electrons. The standard InChI is InChI=1S/C7H8N2O2.C6H6ClN/c1-11-7-3-2-6(4-8-7)9-5-10;1-5-2-3-6(7)8-4-5/h2-5H,1H3,(H,9,10);2-4H,1H3. The van der Waals surface area contributed by atoms with Crippen molar-refractivity contribution in [2.75, 3.05) is 12.4 Å². The lowest BCUT2D eigenvalue weighted by molar-refractivity contribution is -0.105. The van der Waals surface area contributed by atoms with Gasteiger partial charge in [-0.1, -0.05) is 17.7 Å². The van der Waals surface area contributed by atoms with Crippen molar-refractivity contribution in [3.63, 3.8) is 0 Å². The van der Waals surface area contributed by atoms with Gasteiger partial charge < -0.3 is 10.1 Å². The average molecular weight is 280 g/mol.